The molecule has 0 saturated carbocycles. The maximum absolute atomic E-state index is 13.6. The summed E-state index contributed by atoms with van der Waals surface area (Å²) in [5.74, 6) is -0.543. The number of aliphatic hydroxyl groups is 1. The summed E-state index contributed by atoms with van der Waals surface area (Å²) in [4.78, 5) is 34.4. The normalized spacial score (nSPS) is 16.1. The van der Waals surface area contributed by atoms with Crippen molar-refractivity contribution in [3.8, 4) is 11.3 Å². The molecule has 36 heavy (non-hydrogen) atoms. The fourth-order valence-corrected chi connectivity index (χ4v) is 4.65. The molecule has 1 aliphatic rings. The van der Waals surface area contributed by atoms with Crippen molar-refractivity contribution in [3.63, 3.8) is 0 Å². The van der Waals surface area contributed by atoms with Gasteiger partial charge in [-0.1, -0.05) is 13.8 Å². The summed E-state index contributed by atoms with van der Waals surface area (Å²) in [7, 11) is 0. The first kappa shape index (κ1) is 25.8. The van der Waals surface area contributed by atoms with Crippen LogP contribution in [0.3, 0.4) is 0 Å². The number of hydrogen-bond donors (Lipinski definition) is 1. The molecule has 1 fully saturated rings. The van der Waals surface area contributed by atoms with Crippen molar-refractivity contribution in [2.75, 3.05) is 19.6 Å². The summed E-state index contributed by atoms with van der Waals surface area (Å²) in [6, 6.07) is 8.08. The highest BCUT2D eigenvalue weighted by atomic mass is 19.1. The number of aromatic nitrogens is 3. The number of hydrogen-bond acceptors (Lipinski definition) is 5. The number of fused-ring (bicyclic) bond motifs is 1. The maximum Gasteiger partial charge on any atom is 0.274 e. The fourth-order valence-electron chi connectivity index (χ4n) is 4.65. The summed E-state index contributed by atoms with van der Waals surface area (Å²) >= 11 is 0. The predicted octanol–water partition coefficient (Wildman–Crippen LogP) is 3.88. The summed E-state index contributed by atoms with van der Waals surface area (Å²) in [6.07, 6.45) is 1.67. The second-order valence-electron chi connectivity index (χ2n) is 11.1. The molecule has 0 spiro atoms. The first-order valence-electron chi connectivity index (χ1n) is 12.2. The van der Waals surface area contributed by atoms with Gasteiger partial charge in [0, 0.05) is 30.8 Å². The van der Waals surface area contributed by atoms with Crippen molar-refractivity contribution >= 4 is 17.5 Å². The largest absolute Gasteiger partial charge is 0.390 e. The Bertz CT molecular complexity index is 1290. The third-order valence-electron chi connectivity index (χ3n) is 6.52. The van der Waals surface area contributed by atoms with Gasteiger partial charge in [-0.05, 0) is 63.9 Å². The molecule has 1 aromatic carbocycles. The molecular formula is C27H34FN5O3. The Labute approximate surface area is 210 Å². The summed E-state index contributed by atoms with van der Waals surface area (Å²) in [6.45, 7) is 12.3. The van der Waals surface area contributed by atoms with Gasteiger partial charge in [0.1, 0.15) is 11.5 Å². The topological polar surface area (TPSA) is 91.0 Å². The number of halogens is 1. The van der Waals surface area contributed by atoms with Crippen LogP contribution in [0.5, 0.6) is 0 Å². The highest BCUT2D eigenvalue weighted by Gasteiger charge is 2.40. The number of carbonyl (C=O) groups excluding carboxylic acids is 2. The van der Waals surface area contributed by atoms with Crippen LogP contribution in [-0.4, -0.2) is 72.1 Å². The Balaban J connectivity index is 1.63. The molecule has 3 heterocycles. The quantitative estimate of drug-likeness (QED) is 0.580. The average Bonchev–Trinajstić information content (AvgIpc) is 3.20. The van der Waals surface area contributed by atoms with E-state index in [2.05, 4.69) is 10.1 Å². The first-order chi connectivity index (χ1) is 16.7. The summed E-state index contributed by atoms with van der Waals surface area (Å²) in [5, 5.41) is 14.7. The third kappa shape index (κ3) is 5.26. The highest BCUT2D eigenvalue weighted by molar-refractivity contribution is 5.94. The summed E-state index contributed by atoms with van der Waals surface area (Å²) in [5.41, 5.74) is 1.56. The zero-order chi connectivity index (χ0) is 26.4. The van der Waals surface area contributed by atoms with Crippen molar-refractivity contribution in [3.05, 3.63) is 53.6 Å². The van der Waals surface area contributed by atoms with Gasteiger partial charge in [-0.25, -0.2) is 13.9 Å². The minimum Gasteiger partial charge on any atom is -0.390 e. The van der Waals surface area contributed by atoms with Crippen LogP contribution >= 0.6 is 0 Å². The van der Waals surface area contributed by atoms with Crippen molar-refractivity contribution in [2.45, 2.75) is 65.0 Å². The minimum atomic E-state index is -1.08. The molecule has 1 N–H and O–H groups in total. The molecule has 1 saturated heterocycles. The molecule has 0 bridgehead atoms. The fraction of sp³-hybridized carbons (Fsp3) is 0.481. The Morgan fingerprint density at radius 3 is 2.42 bits per heavy atom. The smallest absolute Gasteiger partial charge is 0.274 e. The van der Waals surface area contributed by atoms with Crippen LogP contribution in [0.25, 0.3) is 16.9 Å². The van der Waals surface area contributed by atoms with Crippen LogP contribution in [0.2, 0.25) is 0 Å². The Kier molecular flexibility index (Phi) is 6.64. The van der Waals surface area contributed by atoms with Crippen molar-refractivity contribution in [1.82, 2.24) is 24.4 Å². The van der Waals surface area contributed by atoms with E-state index in [1.54, 1.807) is 46.5 Å². The zero-order valence-electron chi connectivity index (χ0n) is 21.7. The molecule has 0 radical (unpaired) electrons. The lowest BCUT2D eigenvalue weighted by Crippen LogP contribution is -2.62. The van der Waals surface area contributed by atoms with Crippen LogP contribution in [0.1, 0.15) is 69.9 Å². The lowest BCUT2D eigenvalue weighted by atomic mass is 9.96. The van der Waals surface area contributed by atoms with E-state index < -0.39 is 11.1 Å². The average molecular weight is 496 g/mol. The van der Waals surface area contributed by atoms with Gasteiger partial charge in [-0.15, -0.1) is 0 Å². The van der Waals surface area contributed by atoms with Crippen LogP contribution in [0.15, 0.2) is 36.5 Å². The van der Waals surface area contributed by atoms with E-state index in [4.69, 9.17) is 0 Å². The highest BCUT2D eigenvalue weighted by Crippen LogP contribution is 2.28. The molecule has 3 aromatic rings. The standard InChI is InChI=1S/C27H34FN5O3/c1-17(2)20-13-21(18-7-9-19(28)10-8-18)30-33-15-22(29-24(20)33)25(35)32-12-11-31(16-26(32,3)4)23(34)14-27(5,6)36/h7-10,13,15,17,36H,11-12,14,16H2,1-6H3. The number of amides is 2. The van der Waals surface area contributed by atoms with E-state index in [0.717, 1.165) is 11.1 Å². The van der Waals surface area contributed by atoms with Crippen LogP contribution < -0.4 is 0 Å². The van der Waals surface area contributed by atoms with Gasteiger partial charge in [0.15, 0.2) is 5.65 Å². The van der Waals surface area contributed by atoms with Crippen LogP contribution in [0.4, 0.5) is 4.39 Å². The number of benzene rings is 1. The number of imidazole rings is 1. The van der Waals surface area contributed by atoms with Gasteiger partial charge in [-0.2, -0.15) is 5.10 Å². The Morgan fingerprint density at radius 1 is 1.17 bits per heavy atom. The van der Waals surface area contributed by atoms with Gasteiger partial charge in [0.2, 0.25) is 5.91 Å². The van der Waals surface area contributed by atoms with Gasteiger partial charge < -0.3 is 14.9 Å². The SMILES string of the molecule is CC(C)c1cc(-c2ccc(F)cc2)nn2cc(C(=O)N3CCN(C(=O)CC(C)(C)O)CC3(C)C)nc12. The zero-order valence-corrected chi connectivity index (χ0v) is 21.7. The molecule has 2 amide bonds. The van der Waals surface area contributed by atoms with E-state index >= 15 is 0 Å². The molecule has 2 aromatic heterocycles. The third-order valence-corrected chi connectivity index (χ3v) is 6.52. The lowest BCUT2D eigenvalue weighted by molar-refractivity contribution is -0.139. The van der Waals surface area contributed by atoms with E-state index in [1.165, 1.54) is 12.1 Å². The number of piperazine rings is 1. The second kappa shape index (κ2) is 9.28. The minimum absolute atomic E-state index is 0.0312. The van der Waals surface area contributed by atoms with E-state index in [0.29, 0.717) is 31.0 Å². The molecule has 9 heteroatoms. The van der Waals surface area contributed by atoms with Crippen molar-refractivity contribution in [1.29, 1.82) is 0 Å². The van der Waals surface area contributed by atoms with Gasteiger partial charge in [0.05, 0.1) is 29.5 Å². The predicted molar refractivity (Wildman–Crippen MR) is 135 cm³/mol. The first-order valence-corrected chi connectivity index (χ1v) is 12.2. The maximum atomic E-state index is 13.6. The second-order valence-corrected chi connectivity index (χ2v) is 11.1. The molecule has 192 valence electrons. The van der Waals surface area contributed by atoms with E-state index in [1.807, 2.05) is 33.8 Å². The molecule has 8 nitrogen and oxygen atoms in total. The van der Waals surface area contributed by atoms with Crippen LogP contribution in [0, 0.1) is 5.82 Å². The number of rotatable bonds is 5. The number of nitrogens with zero attached hydrogens (tertiary/aromatic N) is 5. The van der Waals surface area contributed by atoms with Gasteiger partial charge in [0.25, 0.3) is 5.91 Å². The monoisotopic (exact) mass is 495 g/mol. The van der Waals surface area contributed by atoms with E-state index in [-0.39, 0.29) is 35.7 Å². The Hall–Kier alpha value is -3.33. The van der Waals surface area contributed by atoms with Crippen molar-refractivity contribution < 1.29 is 19.1 Å². The summed E-state index contributed by atoms with van der Waals surface area (Å²) < 4.78 is 15.0. The molecule has 4 rings (SSSR count). The lowest BCUT2D eigenvalue weighted by Gasteiger charge is -2.47. The molecule has 0 unspecified atom stereocenters. The van der Waals surface area contributed by atoms with Crippen LogP contribution in [-0.2, 0) is 4.79 Å². The number of carbonyl (C=O) groups is 2. The van der Waals surface area contributed by atoms with E-state index in [9.17, 15) is 19.1 Å². The molecule has 0 aliphatic carbocycles. The molecule has 0 atom stereocenters. The van der Waals surface area contributed by atoms with Gasteiger partial charge in [-0.3, -0.25) is 9.59 Å². The molecular weight excluding hydrogens is 461 g/mol. The van der Waals surface area contributed by atoms with Crippen molar-refractivity contribution in [2.24, 2.45) is 0 Å². The van der Waals surface area contributed by atoms with Gasteiger partial charge >= 0.3 is 0 Å². The molecule has 1 aliphatic heterocycles. The Morgan fingerprint density at radius 2 is 1.83 bits per heavy atom.